The van der Waals surface area contributed by atoms with E-state index in [-0.39, 0.29) is 21.3 Å². The largest absolute Gasteiger partial charge is 0.524 e. The summed E-state index contributed by atoms with van der Waals surface area (Å²) in [6.45, 7) is 1.33. The number of rotatable bonds is 12. The zero-order valence-electron chi connectivity index (χ0n) is 30.9. The normalized spacial score (nSPS) is 19.4. The molecule has 0 aliphatic carbocycles. The van der Waals surface area contributed by atoms with E-state index in [1.54, 1.807) is 48.5 Å². The van der Waals surface area contributed by atoms with Crippen LogP contribution in [0.1, 0.15) is 44.1 Å². The molecule has 6 aromatic rings. The van der Waals surface area contributed by atoms with Gasteiger partial charge in [0.15, 0.2) is 12.6 Å². The van der Waals surface area contributed by atoms with E-state index in [1.807, 2.05) is 36.4 Å². The van der Waals surface area contributed by atoms with Gasteiger partial charge in [0.25, 0.3) is 0 Å². The minimum Gasteiger partial charge on any atom is -0.489 e. The quantitative estimate of drug-likeness (QED) is 0.0891. The fraction of sp³-hybridized carbons (Fsp3) is 0.273. The van der Waals surface area contributed by atoms with Crippen molar-refractivity contribution in [1.82, 2.24) is 0 Å². The minimum absolute atomic E-state index is 0.187. The van der Waals surface area contributed by atoms with Crippen molar-refractivity contribution in [3.63, 3.8) is 0 Å². The Hall–Kier alpha value is -4.79. The highest BCUT2D eigenvalue weighted by Gasteiger charge is 2.52. The summed E-state index contributed by atoms with van der Waals surface area (Å²) in [5.41, 5.74) is -4.76. The van der Waals surface area contributed by atoms with Gasteiger partial charge in [-0.2, -0.15) is 25.2 Å². The summed E-state index contributed by atoms with van der Waals surface area (Å²) >= 11 is 0. The van der Waals surface area contributed by atoms with Gasteiger partial charge in [-0.25, -0.2) is 0 Å². The summed E-state index contributed by atoms with van der Waals surface area (Å²) in [6, 6.07) is 37.1. The third-order valence-electron chi connectivity index (χ3n) is 10.0. The first-order valence-corrected chi connectivity index (χ1v) is 21.8. The van der Waals surface area contributed by atoms with Crippen LogP contribution < -0.4 is 14.2 Å². The molecule has 0 N–H and O–H groups in total. The minimum atomic E-state index is -6.16. The molecule has 2 aliphatic heterocycles. The van der Waals surface area contributed by atoms with E-state index in [0.29, 0.717) is 43.3 Å². The topological polar surface area (TPSA) is 89.5 Å². The van der Waals surface area contributed by atoms with Crippen LogP contribution in [0, 0.1) is 0 Å². The molecule has 298 valence electrons. The number of benzene rings is 6. The maximum atomic E-state index is 14.3. The number of halogens is 3. The van der Waals surface area contributed by atoms with Crippen LogP contribution in [0.15, 0.2) is 142 Å². The molecule has 0 amide bonds. The van der Waals surface area contributed by atoms with Gasteiger partial charge in [0.05, 0.1) is 13.2 Å². The van der Waals surface area contributed by atoms with Crippen LogP contribution in [0.3, 0.4) is 0 Å². The molecule has 8 rings (SSSR count). The summed E-state index contributed by atoms with van der Waals surface area (Å²) < 4.78 is 104. The molecule has 8 nitrogen and oxygen atoms in total. The SMILES string of the molecule is O=S(=O)(OS(c1ccc(OCc2cc3ccccc3c3ccccc23)cc1)(c1ccc(OC2CCCCO2)cc1)c1ccc(OC2CCCCO2)cc1)C(F)(F)F. The second kappa shape index (κ2) is 16.6. The first-order chi connectivity index (χ1) is 27.6. The molecule has 0 radical (unpaired) electrons. The molecule has 57 heavy (non-hydrogen) atoms. The van der Waals surface area contributed by atoms with Crippen molar-refractivity contribution in [2.75, 3.05) is 13.2 Å². The van der Waals surface area contributed by atoms with Gasteiger partial charge >= 0.3 is 15.6 Å². The van der Waals surface area contributed by atoms with Crippen molar-refractivity contribution >= 4 is 42.0 Å². The van der Waals surface area contributed by atoms with Crippen molar-refractivity contribution in [2.45, 2.75) is 77.9 Å². The fourth-order valence-corrected chi connectivity index (χ4v) is 11.9. The molecule has 0 aromatic heterocycles. The van der Waals surface area contributed by atoms with Crippen LogP contribution in [-0.4, -0.2) is 39.7 Å². The van der Waals surface area contributed by atoms with Crippen LogP contribution in [0.5, 0.6) is 17.2 Å². The number of fused-ring (bicyclic) bond motifs is 3. The van der Waals surface area contributed by atoms with E-state index < -0.39 is 38.5 Å². The number of hydrogen-bond acceptors (Lipinski definition) is 8. The van der Waals surface area contributed by atoms with E-state index in [2.05, 4.69) is 18.2 Å². The summed E-state index contributed by atoms with van der Waals surface area (Å²) in [5, 5.41) is 4.31. The zero-order valence-corrected chi connectivity index (χ0v) is 32.5. The predicted octanol–water partition coefficient (Wildman–Crippen LogP) is 11.4. The average molecular weight is 819 g/mol. The van der Waals surface area contributed by atoms with Gasteiger partial charge in [-0.05, 0) is 142 Å². The molecule has 2 saturated heterocycles. The Balaban J connectivity index is 1.17. The van der Waals surface area contributed by atoms with Crippen LogP contribution in [0.2, 0.25) is 0 Å². The molecule has 2 atom stereocenters. The smallest absolute Gasteiger partial charge is 0.489 e. The van der Waals surface area contributed by atoms with Crippen molar-refractivity contribution in [3.8, 4) is 17.2 Å². The van der Waals surface area contributed by atoms with E-state index >= 15 is 0 Å². The van der Waals surface area contributed by atoms with Gasteiger partial charge in [-0.15, -0.1) is 0 Å². The lowest BCUT2D eigenvalue weighted by atomic mass is 9.98. The van der Waals surface area contributed by atoms with Gasteiger partial charge in [-0.3, -0.25) is 0 Å². The first kappa shape index (κ1) is 39.1. The molecular weight excluding hydrogens is 778 g/mol. The highest BCUT2D eigenvalue weighted by atomic mass is 32.3. The van der Waals surface area contributed by atoms with Gasteiger partial charge in [0.1, 0.15) is 23.9 Å². The summed E-state index contributed by atoms with van der Waals surface area (Å²) in [4.78, 5) is 0.563. The molecule has 2 heterocycles. The van der Waals surface area contributed by atoms with E-state index in [9.17, 15) is 21.6 Å². The highest BCUT2D eigenvalue weighted by Crippen LogP contribution is 2.71. The first-order valence-electron chi connectivity index (χ1n) is 18.8. The number of hydrogen-bond donors (Lipinski definition) is 0. The molecule has 2 fully saturated rings. The van der Waals surface area contributed by atoms with Crippen molar-refractivity contribution in [3.05, 3.63) is 133 Å². The van der Waals surface area contributed by atoms with Crippen LogP contribution in [-0.2, 0) is 29.8 Å². The predicted molar refractivity (Wildman–Crippen MR) is 212 cm³/mol. The van der Waals surface area contributed by atoms with Crippen LogP contribution in [0.4, 0.5) is 13.2 Å². The Morgan fingerprint density at radius 2 is 1.05 bits per heavy atom. The Labute approximate surface area is 331 Å². The number of ether oxygens (including phenoxy) is 5. The Morgan fingerprint density at radius 1 is 0.579 bits per heavy atom. The third-order valence-corrected chi connectivity index (χ3v) is 14.9. The lowest BCUT2D eigenvalue weighted by Crippen LogP contribution is -2.27. The van der Waals surface area contributed by atoms with Gasteiger partial charge < -0.3 is 23.7 Å². The second-order valence-corrected chi connectivity index (χ2v) is 18.3. The van der Waals surface area contributed by atoms with E-state index in [0.717, 1.165) is 52.8 Å². The number of alkyl halides is 3. The molecule has 13 heteroatoms. The molecule has 2 unspecified atom stereocenters. The van der Waals surface area contributed by atoms with E-state index in [4.69, 9.17) is 27.3 Å². The lowest BCUT2D eigenvalue weighted by Gasteiger charge is -2.39. The van der Waals surface area contributed by atoms with Crippen LogP contribution in [0.25, 0.3) is 21.5 Å². The Kier molecular flexibility index (Phi) is 11.4. The van der Waals surface area contributed by atoms with Crippen molar-refractivity contribution in [1.29, 1.82) is 0 Å². The van der Waals surface area contributed by atoms with Gasteiger partial charge in [-0.1, -0.05) is 48.5 Å². The van der Waals surface area contributed by atoms with E-state index in [1.165, 1.54) is 24.3 Å². The molecule has 6 aromatic carbocycles. The Morgan fingerprint density at radius 3 is 1.54 bits per heavy atom. The maximum Gasteiger partial charge on any atom is 0.524 e. The molecule has 0 spiro atoms. The fourth-order valence-electron chi connectivity index (χ4n) is 7.17. The summed E-state index contributed by atoms with van der Waals surface area (Å²) in [7, 11) is -9.80. The maximum absolute atomic E-state index is 14.3. The molecule has 0 bridgehead atoms. The average Bonchev–Trinajstić information content (AvgIpc) is 3.23. The molecule has 0 saturated carbocycles. The lowest BCUT2D eigenvalue weighted by molar-refractivity contribution is -0.106. The monoisotopic (exact) mass is 818 g/mol. The zero-order chi connectivity index (χ0) is 39.5. The van der Waals surface area contributed by atoms with Crippen molar-refractivity contribution < 1.29 is 48.9 Å². The van der Waals surface area contributed by atoms with Crippen molar-refractivity contribution in [2.24, 2.45) is 0 Å². The molecular formula is C44H41F3O8S2. The molecule has 2 aliphatic rings. The van der Waals surface area contributed by atoms with Crippen LogP contribution >= 0.6 is 10.3 Å². The second-order valence-electron chi connectivity index (χ2n) is 13.9. The van der Waals surface area contributed by atoms with Gasteiger partial charge in [0, 0.05) is 27.5 Å². The third kappa shape index (κ3) is 8.44. The highest BCUT2D eigenvalue weighted by molar-refractivity contribution is 8.33. The Bertz CT molecular complexity index is 2350. The summed E-state index contributed by atoms with van der Waals surface area (Å²) in [5.74, 6) is 1.26. The van der Waals surface area contributed by atoms with Gasteiger partial charge in [0.2, 0.25) is 0 Å². The standard InChI is InChI=1S/C44H41F3O8S2/c45-44(46,47)57(48,49)55-56(37-23-17-34(18-24-37)53-42-13-5-7-27-50-42,38-25-19-35(20-26-38)54-43-14-6-8-28-51-43)36-21-15-33(16-22-36)52-30-32-29-31-9-1-2-10-39(31)41-12-4-3-11-40(32)41/h1-4,9-12,15-26,29,42-43H,5-8,13-14,27-28,30H2. The summed E-state index contributed by atoms with van der Waals surface area (Å²) in [6.07, 6.45) is 4.17.